The van der Waals surface area contributed by atoms with Gasteiger partial charge in [-0.15, -0.1) is 0 Å². The highest BCUT2D eigenvalue weighted by molar-refractivity contribution is 6.08. The fourth-order valence-electron chi connectivity index (χ4n) is 5.46. The van der Waals surface area contributed by atoms with Crippen LogP contribution in [0.5, 0.6) is 0 Å². The van der Waals surface area contributed by atoms with Crippen molar-refractivity contribution in [3.05, 3.63) is 113 Å². The lowest BCUT2D eigenvalue weighted by Gasteiger charge is -2.18. The highest BCUT2D eigenvalue weighted by atomic mass is 16.1. The van der Waals surface area contributed by atoms with E-state index in [0.29, 0.717) is 6.42 Å². The monoisotopic (exact) mass is 426 g/mol. The summed E-state index contributed by atoms with van der Waals surface area (Å²) in [6, 6.07) is 30.4. The summed E-state index contributed by atoms with van der Waals surface area (Å²) in [4.78, 5) is 11.3. The quantitative estimate of drug-likeness (QED) is 0.230. The van der Waals surface area contributed by atoms with E-state index >= 15 is 0 Å². The van der Waals surface area contributed by atoms with Gasteiger partial charge in [0.15, 0.2) is 5.78 Å². The van der Waals surface area contributed by atoms with Crippen LogP contribution in [0.4, 0.5) is 0 Å². The zero-order valence-corrected chi connectivity index (χ0v) is 18.7. The number of ketones is 1. The first-order chi connectivity index (χ1) is 16.3. The van der Waals surface area contributed by atoms with Crippen molar-refractivity contribution in [3.63, 3.8) is 0 Å². The van der Waals surface area contributed by atoms with Crippen LogP contribution in [0, 0.1) is 0 Å². The first-order valence-corrected chi connectivity index (χ1v) is 11.9. The van der Waals surface area contributed by atoms with Crippen molar-refractivity contribution in [2.75, 3.05) is 0 Å². The number of carbonyl (C=O) groups excluding carboxylic acids is 1. The minimum Gasteiger partial charge on any atom is -0.294 e. The fourth-order valence-corrected chi connectivity index (χ4v) is 5.46. The third kappa shape index (κ3) is 3.64. The molecule has 0 saturated heterocycles. The minimum absolute atomic E-state index is 0.192. The Balaban J connectivity index is 0.000000127. The molecule has 0 saturated carbocycles. The molecule has 33 heavy (non-hydrogen) atoms. The molecular weight excluding hydrogens is 400 g/mol. The van der Waals surface area contributed by atoms with Crippen LogP contribution in [-0.4, -0.2) is 5.78 Å². The number of hydrogen-bond donors (Lipinski definition) is 0. The number of allylic oxidation sites excluding steroid dienone is 1. The van der Waals surface area contributed by atoms with Gasteiger partial charge in [-0.25, -0.2) is 0 Å². The minimum atomic E-state index is 0.192. The van der Waals surface area contributed by atoms with E-state index in [9.17, 15) is 4.79 Å². The normalized spacial score (nSPS) is 14.6. The summed E-state index contributed by atoms with van der Waals surface area (Å²) >= 11 is 0. The van der Waals surface area contributed by atoms with E-state index < -0.39 is 0 Å². The molecule has 0 amide bonds. The zero-order chi connectivity index (χ0) is 22.2. The van der Waals surface area contributed by atoms with Crippen molar-refractivity contribution in [3.8, 4) is 0 Å². The van der Waals surface area contributed by atoms with Gasteiger partial charge in [0, 0.05) is 6.42 Å². The molecule has 1 nitrogen and oxygen atoms in total. The highest BCUT2D eigenvalue weighted by Gasteiger charge is 2.13. The number of hydrogen-bond acceptors (Lipinski definition) is 1. The summed E-state index contributed by atoms with van der Waals surface area (Å²) in [6.07, 6.45) is 9.36. The Labute approximate surface area is 194 Å². The lowest BCUT2D eigenvalue weighted by atomic mass is 9.86. The molecule has 2 aliphatic carbocycles. The molecule has 0 N–H and O–H groups in total. The van der Waals surface area contributed by atoms with Gasteiger partial charge in [-0.3, -0.25) is 4.79 Å². The number of fused-ring (bicyclic) bond motifs is 8. The van der Waals surface area contributed by atoms with Gasteiger partial charge in [0.25, 0.3) is 0 Å². The van der Waals surface area contributed by atoms with E-state index in [1.54, 1.807) is 17.2 Å². The Morgan fingerprint density at radius 2 is 1.18 bits per heavy atom. The Hall–Kier alpha value is -3.71. The molecule has 0 aromatic heterocycles. The van der Waals surface area contributed by atoms with Crippen molar-refractivity contribution >= 4 is 44.2 Å². The Kier molecular flexibility index (Phi) is 5.03. The summed E-state index contributed by atoms with van der Waals surface area (Å²) < 4.78 is 0. The number of aryl methyl sites for hydroxylation is 2. The molecule has 0 fully saturated rings. The van der Waals surface area contributed by atoms with Gasteiger partial charge < -0.3 is 0 Å². The number of carbonyl (C=O) groups is 1. The molecule has 160 valence electrons. The Bertz CT molecular complexity index is 1550. The Morgan fingerprint density at radius 1 is 0.515 bits per heavy atom. The molecule has 0 spiro atoms. The molecule has 0 radical (unpaired) electrons. The fraction of sp³-hybridized carbons (Fsp3) is 0.156. The van der Waals surface area contributed by atoms with Crippen molar-refractivity contribution in [2.45, 2.75) is 32.1 Å². The average Bonchev–Trinajstić information content (AvgIpc) is 2.88. The van der Waals surface area contributed by atoms with E-state index in [-0.39, 0.29) is 5.78 Å². The standard InChI is InChI=1S/C18H16.C14H10O/c1-3-7-15-13(5-1)9-11-18-16-8-4-2-6-14(16)10-12-17(15)18;15-12-7-8-14-11(9-12)6-5-10-3-1-2-4-13(10)14/h1,3,5,7,9-12H,2,4,6,8H2;1-8H,9H2. The smallest absolute Gasteiger partial charge is 0.160 e. The zero-order valence-electron chi connectivity index (χ0n) is 18.7. The van der Waals surface area contributed by atoms with Gasteiger partial charge in [-0.2, -0.15) is 0 Å². The second-order valence-electron chi connectivity index (χ2n) is 9.13. The van der Waals surface area contributed by atoms with E-state index in [0.717, 1.165) is 5.56 Å². The van der Waals surface area contributed by atoms with Crippen LogP contribution in [0.25, 0.3) is 38.4 Å². The first kappa shape index (κ1) is 19.9. The average molecular weight is 427 g/mol. The summed E-state index contributed by atoms with van der Waals surface area (Å²) in [6.45, 7) is 0. The van der Waals surface area contributed by atoms with Crippen molar-refractivity contribution in [2.24, 2.45) is 0 Å². The summed E-state index contributed by atoms with van der Waals surface area (Å²) in [5.41, 5.74) is 5.52. The molecule has 0 atom stereocenters. The molecule has 1 heteroatoms. The van der Waals surface area contributed by atoms with E-state index in [2.05, 4.69) is 72.8 Å². The largest absolute Gasteiger partial charge is 0.294 e. The van der Waals surface area contributed by atoms with Crippen molar-refractivity contribution in [1.82, 2.24) is 0 Å². The summed E-state index contributed by atoms with van der Waals surface area (Å²) in [5.74, 6) is 0.192. The second-order valence-corrected chi connectivity index (χ2v) is 9.13. The topological polar surface area (TPSA) is 17.1 Å². The molecule has 7 rings (SSSR count). The number of benzene rings is 5. The maximum Gasteiger partial charge on any atom is 0.160 e. The van der Waals surface area contributed by atoms with Crippen LogP contribution in [-0.2, 0) is 24.1 Å². The molecule has 5 aromatic carbocycles. The SMILES string of the molecule is O=C1C=Cc2c(ccc3ccccc23)C1.c1ccc2c(c1)ccc1c3c(ccc12)CCCC3. The van der Waals surface area contributed by atoms with Gasteiger partial charge in [-0.05, 0) is 86.3 Å². The third-order valence-corrected chi connectivity index (χ3v) is 7.12. The van der Waals surface area contributed by atoms with Crippen LogP contribution in [0.15, 0.2) is 91.0 Å². The van der Waals surface area contributed by atoms with Gasteiger partial charge in [0.05, 0.1) is 0 Å². The molecule has 0 aliphatic heterocycles. The van der Waals surface area contributed by atoms with Gasteiger partial charge >= 0.3 is 0 Å². The van der Waals surface area contributed by atoms with Crippen molar-refractivity contribution in [1.29, 1.82) is 0 Å². The lowest BCUT2D eigenvalue weighted by molar-refractivity contribution is -0.114. The van der Waals surface area contributed by atoms with E-state index in [4.69, 9.17) is 0 Å². The second kappa shape index (κ2) is 8.33. The maximum atomic E-state index is 11.3. The van der Waals surface area contributed by atoms with Crippen LogP contribution in [0.1, 0.15) is 35.1 Å². The predicted molar refractivity (Wildman–Crippen MR) is 140 cm³/mol. The molecular formula is C32H26O. The number of rotatable bonds is 0. The molecule has 0 bridgehead atoms. The van der Waals surface area contributed by atoms with Gasteiger partial charge in [-0.1, -0.05) is 91.0 Å². The maximum absolute atomic E-state index is 11.3. The first-order valence-electron chi connectivity index (χ1n) is 11.9. The van der Waals surface area contributed by atoms with Crippen LogP contribution in [0.2, 0.25) is 0 Å². The van der Waals surface area contributed by atoms with Gasteiger partial charge in [0.2, 0.25) is 0 Å². The van der Waals surface area contributed by atoms with Crippen molar-refractivity contribution < 1.29 is 4.79 Å². The molecule has 0 heterocycles. The summed E-state index contributed by atoms with van der Waals surface area (Å²) in [7, 11) is 0. The van der Waals surface area contributed by atoms with E-state index in [1.165, 1.54) is 63.6 Å². The predicted octanol–water partition coefficient (Wildman–Crippen LogP) is 7.85. The lowest BCUT2D eigenvalue weighted by Crippen LogP contribution is -2.05. The Morgan fingerprint density at radius 3 is 2.06 bits per heavy atom. The summed E-state index contributed by atoms with van der Waals surface area (Å²) in [5, 5.41) is 8.11. The van der Waals surface area contributed by atoms with E-state index in [1.807, 2.05) is 18.2 Å². The van der Waals surface area contributed by atoms with Crippen LogP contribution < -0.4 is 0 Å². The molecule has 2 aliphatic rings. The van der Waals surface area contributed by atoms with Crippen LogP contribution >= 0.6 is 0 Å². The third-order valence-electron chi connectivity index (χ3n) is 7.12. The molecule has 5 aromatic rings. The highest BCUT2D eigenvalue weighted by Crippen LogP contribution is 2.33. The van der Waals surface area contributed by atoms with Crippen LogP contribution in [0.3, 0.4) is 0 Å². The van der Waals surface area contributed by atoms with Gasteiger partial charge in [0.1, 0.15) is 0 Å². The molecule has 0 unspecified atom stereocenters.